The number of halogens is 1. The van der Waals surface area contributed by atoms with Crippen LogP contribution in [0, 0.1) is 29.6 Å². The van der Waals surface area contributed by atoms with Gasteiger partial charge in [0.25, 0.3) is 0 Å². The molecule has 0 aromatic heterocycles. The van der Waals surface area contributed by atoms with Gasteiger partial charge >= 0.3 is 18.1 Å². The van der Waals surface area contributed by atoms with Crippen LogP contribution in [0.2, 0.25) is 0 Å². The molecule has 0 heterocycles. The standard InChI is InChI=1S/C23H36FNO8/c1-5-8-30-17-10-15-18(22(15,24)19(26)27)23(17,25)20(28)31-11-32-21(29)33-16-9-13(4)6-7-14(16)12(2)3/h12-18H,5-11,25H2,1-4H3,(H,26,27)/t13-,14?,15-,16-,17-,18+,22-,23+/m1/s1. The number of nitrogens with two attached hydrogens (primary N) is 1. The molecular formula is C23H36FNO8. The van der Waals surface area contributed by atoms with E-state index in [0.717, 1.165) is 19.3 Å². The smallest absolute Gasteiger partial charge is 0.479 e. The zero-order valence-corrected chi connectivity index (χ0v) is 19.8. The maximum Gasteiger partial charge on any atom is 0.511 e. The molecule has 33 heavy (non-hydrogen) atoms. The molecule has 0 aromatic rings. The number of hydrogen-bond donors (Lipinski definition) is 2. The Morgan fingerprint density at radius 1 is 1.18 bits per heavy atom. The molecule has 188 valence electrons. The van der Waals surface area contributed by atoms with E-state index in [1.807, 2.05) is 6.92 Å². The molecule has 3 aliphatic rings. The number of carboxylic acid groups (broad SMARTS) is 1. The number of aliphatic carboxylic acids is 1. The quantitative estimate of drug-likeness (QED) is 0.383. The molecule has 0 aromatic carbocycles. The van der Waals surface area contributed by atoms with Gasteiger partial charge in [0.2, 0.25) is 12.5 Å². The summed E-state index contributed by atoms with van der Waals surface area (Å²) in [5, 5.41) is 9.27. The molecule has 10 heteroatoms. The molecule has 8 atom stereocenters. The molecule has 3 aliphatic carbocycles. The van der Waals surface area contributed by atoms with E-state index in [2.05, 4.69) is 20.8 Å². The van der Waals surface area contributed by atoms with Gasteiger partial charge in [-0.25, -0.2) is 18.8 Å². The molecule has 3 N–H and O–H groups in total. The topological polar surface area (TPSA) is 134 Å². The lowest BCUT2D eigenvalue weighted by atomic mass is 9.75. The van der Waals surface area contributed by atoms with Crippen molar-refractivity contribution in [3.05, 3.63) is 0 Å². The number of carbonyl (C=O) groups is 3. The third-order valence-corrected chi connectivity index (χ3v) is 7.58. The second kappa shape index (κ2) is 9.74. The van der Waals surface area contributed by atoms with E-state index in [1.54, 1.807) is 0 Å². The highest BCUT2D eigenvalue weighted by Gasteiger charge is 2.85. The van der Waals surface area contributed by atoms with Crippen molar-refractivity contribution in [2.75, 3.05) is 13.4 Å². The van der Waals surface area contributed by atoms with Crippen molar-refractivity contribution in [2.45, 2.75) is 83.2 Å². The van der Waals surface area contributed by atoms with Gasteiger partial charge in [-0.3, -0.25) is 0 Å². The molecule has 0 spiro atoms. The van der Waals surface area contributed by atoms with Crippen molar-refractivity contribution in [2.24, 2.45) is 35.3 Å². The summed E-state index contributed by atoms with van der Waals surface area (Å²) >= 11 is 0. The summed E-state index contributed by atoms with van der Waals surface area (Å²) in [5.74, 6) is -3.92. The Morgan fingerprint density at radius 2 is 1.88 bits per heavy atom. The van der Waals surface area contributed by atoms with Crippen molar-refractivity contribution >= 4 is 18.1 Å². The number of fused-ring (bicyclic) bond motifs is 1. The van der Waals surface area contributed by atoms with Gasteiger partial charge in [0.05, 0.1) is 6.10 Å². The fourth-order valence-electron chi connectivity index (χ4n) is 5.72. The summed E-state index contributed by atoms with van der Waals surface area (Å²) in [5.41, 5.74) is 1.67. The maximum atomic E-state index is 14.9. The largest absolute Gasteiger partial charge is 0.511 e. The van der Waals surface area contributed by atoms with E-state index in [-0.39, 0.29) is 25.0 Å². The molecule has 3 rings (SSSR count). The molecule has 0 amide bonds. The predicted molar refractivity (Wildman–Crippen MR) is 114 cm³/mol. The molecular weight excluding hydrogens is 437 g/mol. The fraction of sp³-hybridized carbons (Fsp3) is 0.870. The van der Waals surface area contributed by atoms with Gasteiger partial charge in [0, 0.05) is 18.4 Å². The van der Waals surface area contributed by atoms with Crippen LogP contribution < -0.4 is 5.73 Å². The average Bonchev–Trinajstić information content (AvgIpc) is 3.22. The third kappa shape index (κ3) is 4.69. The van der Waals surface area contributed by atoms with Crippen molar-refractivity contribution in [3.8, 4) is 0 Å². The van der Waals surface area contributed by atoms with E-state index < -0.39 is 54.0 Å². The number of hydrogen-bond acceptors (Lipinski definition) is 8. The fourth-order valence-corrected chi connectivity index (χ4v) is 5.72. The van der Waals surface area contributed by atoms with Crippen LogP contribution in [0.25, 0.3) is 0 Å². The lowest BCUT2D eigenvalue weighted by molar-refractivity contribution is -0.169. The van der Waals surface area contributed by atoms with E-state index in [4.69, 9.17) is 24.7 Å². The van der Waals surface area contributed by atoms with Gasteiger partial charge < -0.3 is 29.8 Å². The first-order valence-electron chi connectivity index (χ1n) is 11.8. The second-order valence-corrected chi connectivity index (χ2v) is 10.1. The minimum absolute atomic E-state index is 0.00157. The van der Waals surface area contributed by atoms with E-state index >= 15 is 0 Å². The van der Waals surface area contributed by atoms with Crippen molar-refractivity contribution < 1.29 is 42.8 Å². The van der Waals surface area contributed by atoms with Crippen LogP contribution in [-0.4, -0.2) is 60.0 Å². The minimum Gasteiger partial charge on any atom is -0.479 e. The summed E-state index contributed by atoms with van der Waals surface area (Å²) in [6, 6.07) is 0. The Hall–Kier alpha value is -1.94. The minimum atomic E-state index is -2.59. The zero-order valence-electron chi connectivity index (χ0n) is 19.8. The lowest BCUT2D eigenvalue weighted by Gasteiger charge is -2.36. The van der Waals surface area contributed by atoms with E-state index in [9.17, 15) is 23.9 Å². The van der Waals surface area contributed by atoms with E-state index in [1.165, 1.54) is 0 Å². The van der Waals surface area contributed by atoms with Crippen LogP contribution >= 0.6 is 0 Å². The number of ether oxygens (including phenoxy) is 4. The molecule has 1 unspecified atom stereocenters. The van der Waals surface area contributed by atoms with Gasteiger partial charge in [-0.1, -0.05) is 34.1 Å². The van der Waals surface area contributed by atoms with Gasteiger partial charge in [0.1, 0.15) is 11.6 Å². The number of alkyl halides is 1. The first-order chi connectivity index (χ1) is 15.5. The first-order valence-corrected chi connectivity index (χ1v) is 11.8. The predicted octanol–water partition coefficient (Wildman–Crippen LogP) is 3.04. The van der Waals surface area contributed by atoms with Crippen LogP contribution in [0.15, 0.2) is 0 Å². The Labute approximate surface area is 193 Å². The normalized spacial score (nSPS) is 39.6. The van der Waals surface area contributed by atoms with Crippen molar-refractivity contribution in [1.29, 1.82) is 0 Å². The highest BCUT2D eigenvalue weighted by Crippen LogP contribution is 2.67. The Morgan fingerprint density at radius 3 is 2.48 bits per heavy atom. The summed E-state index contributed by atoms with van der Waals surface area (Å²) < 4.78 is 36.0. The first kappa shape index (κ1) is 25.7. The highest BCUT2D eigenvalue weighted by atomic mass is 19.1. The highest BCUT2D eigenvalue weighted by molar-refractivity contribution is 5.91. The van der Waals surface area contributed by atoms with Gasteiger partial charge in [-0.2, -0.15) is 0 Å². The second-order valence-electron chi connectivity index (χ2n) is 10.1. The van der Waals surface area contributed by atoms with Gasteiger partial charge in [-0.05, 0) is 43.4 Å². The molecule has 0 aliphatic heterocycles. The molecule has 0 radical (unpaired) electrons. The Kier molecular flexibility index (Phi) is 7.58. The number of carbonyl (C=O) groups excluding carboxylic acids is 2. The summed E-state index contributed by atoms with van der Waals surface area (Å²) in [6.45, 7) is 7.64. The Bertz CT molecular complexity index is 763. The molecule has 0 bridgehead atoms. The van der Waals surface area contributed by atoms with Crippen LogP contribution in [0.4, 0.5) is 9.18 Å². The SMILES string of the molecule is CCCO[C@@H]1C[C@@H]2[C@H]([C@]1(N)C(=O)OCOC(=O)O[C@@H]1C[C@H](C)CCC1C(C)C)[C@@]2(F)C(=O)O. The van der Waals surface area contributed by atoms with Crippen LogP contribution in [0.1, 0.15) is 59.8 Å². The maximum absolute atomic E-state index is 14.9. The zero-order chi connectivity index (χ0) is 24.6. The van der Waals surface area contributed by atoms with Crippen LogP contribution in [-0.2, 0) is 28.5 Å². The third-order valence-electron chi connectivity index (χ3n) is 7.58. The number of rotatable bonds is 9. The van der Waals surface area contributed by atoms with Crippen molar-refractivity contribution in [3.63, 3.8) is 0 Å². The summed E-state index contributed by atoms with van der Waals surface area (Å²) in [4.78, 5) is 36.4. The van der Waals surface area contributed by atoms with E-state index in [0.29, 0.717) is 18.3 Å². The number of esters is 1. The van der Waals surface area contributed by atoms with Crippen LogP contribution in [0.3, 0.4) is 0 Å². The van der Waals surface area contributed by atoms with Gasteiger partial charge in [0.15, 0.2) is 0 Å². The number of carboxylic acids is 1. The summed E-state index contributed by atoms with van der Waals surface area (Å²) in [6.07, 6.45) is 1.28. The van der Waals surface area contributed by atoms with Crippen LogP contribution in [0.5, 0.6) is 0 Å². The van der Waals surface area contributed by atoms with Crippen molar-refractivity contribution in [1.82, 2.24) is 0 Å². The molecule has 0 saturated heterocycles. The molecule has 3 fully saturated rings. The molecule has 3 saturated carbocycles. The lowest BCUT2D eigenvalue weighted by Crippen LogP contribution is -2.61. The van der Waals surface area contributed by atoms with Gasteiger partial charge in [-0.15, -0.1) is 0 Å². The monoisotopic (exact) mass is 473 g/mol. The Balaban J connectivity index is 1.57. The summed E-state index contributed by atoms with van der Waals surface area (Å²) in [7, 11) is 0. The molecule has 9 nitrogen and oxygen atoms in total. The average molecular weight is 474 g/mol.